The van der Waals surface area contributed by atoms with E-state index in [1.165, 1.54) is 36.7 Å². The highest BCUT2D eigenvalue weighted by Crippen LogP contribution is 2.20. The van der Waals surface area contributed by atoms with Crippen LogP contribution in [0.1, 0.15) is 18.0 Å². The number of aliphatic carboxylic acids is 1. The Balaban J connectivity index is 2.30. The van der Waals surface area contributed by atoms with Crippen molar-refractivity contribution >= 4 is 27.6 Å². The first-order valence-corrected chi connectivity index (χ1v) is 8.14. The van der Waals surface area contributed by atoms with Crippen LogP contribution in [0.5, 0.6) is 0 Å². The van der Waals surface area contributed by atoms with Crippen LogP contribution in [-0.4, -0.2) is 24.5 Å². The molecule has 8 heteroatoms. The maximum absolute atomic E-state index is 12.3. The number of carbonyl (C=O) groups is 1. The minimum atomic E-state index is -3.87. The molecule has 0 fully saturated rings. The molecule has 0 aliphatic rings. The Morgan fingerprint density at radius 3 is 2.50 bits per heavy atom. The molecule has 0 amide bonds. The fraction of sp³-hybridized carbons (Fsp3) is 0.143. The molecule has 0 aliphatic heterocycles. The van der Waals surface area contributed by atoms with E-state index < -0.39 is 28.5 Å². The molecule has 1 aromatic carbocycles. The molecule has 2 rings (SSSR count). The second-order valence-corrected chi connectivity index (χ2v) is 6.66. The molecule has 22 heavy (non-hydrogen) atoms. The van der Waals surface area contributed by atoms with Gasteiger partial charge in [-0.3, -0.25) is 9.78 Å². The number of hydrogen-bond donors (Lipinski definition) is 2. The number of halogens is 1. The number of nitrogens with zero attached hydrogens (tertiary/aromatic N) is 1. The molecular weight excluding hydrogens is 328 g/mol. The maximum atomic E-state index is 12.3. The standard InChI is InChI=1S/C14H13ClN2O4S/c15-11-3-5-12(6-4-11)22(20,21)17-13(8-14(18)19)10-2-1-7-16-9-10/h1-7,9,13,17H,8H2,(H,18,19). The summed E-state index contributed by atoms with van der Waals surface area (Å²) in [5.41, 5.74) is 0.474. The van der Waals surface area contributed by atoms with Crippen LogP contribution in [0, 0.1) is 0 Å². The fourth-order valence-electron chi connectivity index (χ4n) is 1.85. The molecule has 1 heterocycles. The van der Waals surface area contributed by atoms with E-state index in [9.17, 15) is 13.2 Å². The molecule has 0 bridgehead atoms. The van der Waals surface area contributed by atoms with Gasteiger partial charge in [0.1, 0.15) is 0 Å². The van der Waals surface area contributed by atoms with Crippen molar-refractivity contribution in [3.63, 3.8) is 0 Å². The van der Waals surface area contributed by atoms with Gasteiger partial charge < -0.3 is 5.11 Å². The van der Waals surface area contributed by atoms with Crippen LogP contribution in [0.3, 0.4) is 0 Å². The van der Waals surface area contributed by atoms with E-state index in [2.05, 4.69) is 9.71 Å². The molecular formula is C14H13ClN2O4S. The molecule has 2 aromatic rings. The van der Waals surface area contributed by atoms with Gasteiger partial charge in [-0.15, -0.1) is 0 Å². The van der Waals surface area contributed by atoms with E-state index >= 15 is 0 Å². The monoisotopic (exact) mass is 340 g/mol. The number of nitrogens with one attached hydrogen (secondary N) is 1. The van der Waals surface area contributed by atoms with Crippen molar-refractivity contribution in [3.8, 4) is 0 Å². The van der Waals surface area contributed by atoms with Crippen molar-refractivity contribution in [2.24, 2.45) is 0 Å². The zero-order valence-electron chi connectivity index (χ0n) is 11.3. The number of carboxylic acids is 1. The van der Waals surface area contributed by atoms with Crippen LogP contribution in [-0.2, 0) is 14.8 Å². The van der Waals surface area contributed by atoms with E-state index in [4.69, 9.17) is 16.7 Å². The SMILES string of the molecule is O=C(O)CC(NS(=O)(=O)c1ccc(Cl)cc1)c1cccnc1. The van der Waals surface area contributed by atoms with Gasteiger partial charge in [0.05, 0.1) is 17.4 Å². The third kappa shape index (κ3) is 4.27. The molecule has 0 radical (unpaired) electrons. The summed E-state index contributed by atoms with van der Waals surface area (Å²) < 4.78 is 27.1. The van der Waals surface area contributed by atoms with Gasteiger partial charge >= 0.3 is 5.97 Å². The Morgan fingerprint density at radius 2 is 1.95 bits per heavy atom. The maximum Gasteiger partial charge on any atom is 0.305 e. The predicted octanol–water partition coefficient (Wildman–Crippen LogP) is 2.23. The molecule has 0 saturated heterocycles. The molecule has 0 spiro atoms. The summed E-state index contributed by atoms with van der Waals surface area (Å²) in [6, 6.07) is 7.93. The lowest BCUT2D eigenvalue weighted by molar-refractivity contribution is -0.137. The lowest BCUT2D eigenvalue weighted by atomic mass is 10.1. The van der Waals surface area contributed by atoms with Gasteiger partial charge in [-0.2, -0.15) is 0 Å². The second-order valence-electron chi connectivity index (χ2n) is 4.51. The van der Waals surface area contributed by atoms with Crippen LogP contribution in [0.25, 0.3) is 0 Å². The highest BCUT2D eigenvalue weighted by Gasteiger charge is 2.23. The molecule has 6 nitrogen and oxygen atoms in total. The Labute approximate surface area is 132 Å². The zero-order valence-corrected chi connectivity index (χ0v) is 12.9. The lowest BCUT2D eigenvalue weighted by Gasteiger charge is -2.17. The highest BCUT2D eigenvalue weighted by molar-refractivity contribution is 7.89. The van der Waals surface area contributed by atoms with Crippen molar-refractivity contribution in [1.29, 1.82) is 0 Å². The normalized spacial score (nSPS) is 12.8. The van der Waals surface area contributed by atoms with Crippen LogP contribution < -0.4 is 4.72 Å². The topological polar surface area (TPSA) is 96.4 Å². The van der Waals surface area contributed by atoms with E-state index in [-0.39, 0.29) is 4.90 Å². The molecule has 1 unspecified atom stereocenters. The number of aromatic nitrogens is 1. The van der Waals surface area contributed by atoms with E-state index in [1.54, 1.807) is 12.1 Å². The van der Waals surface area contributed by atoms with E-state index in [0.717, 1.165) is 0 Å². The molecule has 2 N–H and O–H groups in total. The zero-order chi connectivity index (χ0) is 16.2. The van der Waals surface area contributed by atoms with Gasteiger partial charge in [-0.05, 0) is 35.9 Å². The third-order valence-corrected chi connectivity index (χ3v) is 4.63. The van der Waals surface area contributed by atoms with Gasteiger partial charge in [0.2, 0.25) is 10.0 Å². The number of benzene rings is 1. The highest BCUT2D eigenvalue weighted by atomic mass is 35.5. The quantitative estimate of drug-likeness (QED) is 0.840. The first kappa shape index (κ1) is 16.4. The largest absolute Gasteiger partial charge is 0.481 e. The van der Waals surface area contributed by atoms with Crippen LogP contribution in [0.4, 0.5) is 0 Å². The molecule has 0 aliphatic carbocycles. The summed E-state index contributed by atoms with van der Waals surface area (Å²) in [5.74, 6) is -1.12. The van der Waals surface area contributed by atoms with Crippen molar-refractivity contribution in [3.05, 3.63) is 59.4 Å². The predicted molar refractivity (Wildman–Crippen MR) is 81.0 cm³/mol. The Bertz CT molecular complexity index is 748. The summed E-state index contributed by atoms with van der Waals surface area (Å²) in [5, 5.41) is 9.39. The van der Waals surface area contributed by atoms with Gasteiger partial charge in [-0.25, -0.2) is 13.1 Å². The molecule has 1 aromatic heterocycles. The van der Waals surface area contributed by atoms with Crippen molar-refractivity contribution in [1.82, 2.24) is 9.71 Å². The Morgan fingerprint density at radius 1 is 1.27 bits per heavy atom. The Hall–Kier alpha value is -1.96. The van der Waals surface area contributed by atoms with Crippen molar-refractivity contribution < 1.29 is 18.3 Å². The summed E-state index contributed by atoms with van der Waals surface area (Å²) in [6.07, 6.45) is 2.56. The number of carboxylic acid groups (broad SMARTS) is 1. The first-order chi connectivity index (χ1) is 10.4. The number of hydrogen-bond acceptors (Lipinski definition) is 4. The minimum absolute atomic E-state index is 0.0104. The van der Waals surface area contributed by atoms with Crippen LogP contribution in [0.15, 0.2) is 53.7 Å². The van der Waals surface area contributed by atoms with Crippen molar-refractivity contribution in [2.75, 3.05) is 0 Å². The van der Waals surface area contributed by atoms with Gasteiger partial charge in [0, 0.05) is 17.4 Å². The summed E-state index contributed by atoms with van der Waals surface area (Å²) in [6.45, 7) is 0. The van der Waals surface area contributed by atoms with Crippen molar-refractivity contribution in [2.45, 2.75) is 17.4 Å². The van der Waals surface area contributed by atoms with E-state index in [1.807, 2.05) is 0 Å². The van der Waals surface area contributed by atoms with Crippen LogP contribution >= 0.6 is 11.6 Å². The number of rotatable bonds is 6. The first-order valence-electron chi connectivity index (χ1n) is 6.28. The third-order valence-electron chi connectivity index (χ3n) is 2.89. The lowest BCUT2D eigenvalue weighted by Crippen LogP contribution is -2.30. The molecule has 116 valence electrons. The van der Waals surface area contributed by atoms with Crippen LogP contribution in [0.2, 0.25) is 5.02 Å². The Kier molecular flexibility index (Phi) is 5.12. The molecule has 0 saturated carbocycles. The summed E-state index contributed by atoms with van der Waals surface area (Å²) >= 11 is 5.73. The average molecular weight is 341 g/mol. The number of sulfonamides is 1. The number of pyridine rings is 1. The second kappa shape index (κ2) is 6.87. The summed E-state index contributed by atoms with van der Waals surface area (Å²) in [7, 11) is -3.87. The van der Waals surface area contributed by atoms with Gasteiger partial charge in [0.15, 0.2) is 0 Å². The average Bonchev–Trinajstić information content (AvgIpc) is 2.47. The van der Waals surface area contributed by atoms with Gasteiger partial charge in [0.25, 0.3) is 0 Å². The van der Waals surface area contributed by atoms with E-state index in [0.29, 0.717) is 10.6 Å². The fourth-order valence-corrected chi connectivity index (χ4v) is 3.20. The van der Waals surface area contributed by atoms with Gasteiger partial charge in [-0.1, -0.05) is 17.7 Å². The molecule has 1 atom stereocenters. The summed E-state index contributed by atoms with van der Waals surface area (Å²) in [4.78, 5) is 14.9. The minimum Gasteiger partial charge on any atom is -0.481 e. The smallest absolute Gasteiger partial charge is 0.305 e.